The smallest absolute Gasteiger partial charge is 0.313 e. The first-order valence-corrected chi connectivity index (χ1v) is 43.3. The average Bonchev–Trinajstić information content (AvgIpc) is 0.834. The number of carbonyl (C=O) groups excluding carboxylic acids is 14. The summed E-state index contributed by atoms with van der Waals surface area (Å²) in [5, 5.41) is 0. The van der Waals surface area contributed by atoms with Crippen molar-refractivity contribution in [2.24, 2.45) is 75.4 Å². The molecule has 13 unspecified atom stereocenters. The summed E-state index contributed by atoms with van der Waals surface area (Å²) in [6.07, 6.45) is 9.94. The van der Waals surface area contributed by atoms with Crippen LogP contribution in [0.5, 0.6) is 0 Å². The molecule has 2 aliphatic rings. The summed E-state index contributed by atoms with van der Waals surface area (Å²) in [7, 11) is 8.12. The minimum absolute atomic E-state index is 0.00558. The number of halogens is 1. The average molecular weight is 1820 g/mol. The van der Waals surface area contributed by atoms with Gasteiger partial charge in [-0.1, -0.05) is 103 Å². The van der Waals surface area contributed by atoms with E-state index in [0.717, 1.165) is 57.8 Å². The minimum atomic E-state index is -0.721. The highest BCUT2D eigenvalue weighted by molar-refractivity contribution is 6.18. The highest BCUT2D eigenvalue weighted by Crippen LogP contribution is 2.33. The standard InChI is InChI=1S/C14H24O4.C12H20O5.C12H22O5.C12H20O4.C10H19ClO3.C10H18O5.C10H18O4.C10H20O4/c1-10(12(15)17-4)11(2)13(16)18-14(3)8-6-5-7-9-14;1-8(11(13)15-3)9(2)12(14)17-10-6-4-5-7-16-10;1-6-12(4,5)11(14)17-10(3)16-8-7-15-9(2)13;1-7-12(4,5)16-11(14)9(3)8(2)10(13)15-6;1-5-10(3,4)9(12)14-8(2)13-7-6-11;1-5-14-6-15-10(12)8(3)7(2)9(11)13-4;1-6(2)14-10(12)8(4)7(3)9(11)13-5;1-5-10(2,3)9(11)14-8-13-7-6-12-4/h10-11H,5-9H2,1-4H3;8-10H,4-7H2,1-3H3;10H,6-8H2,1-5H3;7-9H,1H2,2-6H3;8H,5-7H2,1-4H3;7-8H,5-6H2,1-4H3;6-8H,1-5H3;5-8H2,1-4H3. The van der Waals surface area contributed by atoms with Crippen LogP contribution in [-0.4, -0.2) is 228 Å². The molecule has 2 fully saturated rings. The molecule has 1 aliphatic heterocycles. The molecule has 13 atom stereocenters. The van der Waals surface area contributed by atoms with Gasteiger partial charge in [0.05, 0.1) is 150 Å². The molecule has 35 heteroatoms. The second kappa shape index (κ2) is 70.4. The molecule has 34 nitrogen and oxygen atoms in total. The van der Waals surface area contributed by atoms with Gasteiger partial charge < -0.3 is 94.7 Å². The lowest BCUT2D eigenvalue weighted by Crippen LogP contribution is -2.38. The zero-order chi connectivity index (χ0) is 98.4. The molecule has 1 aliphatic carbocycles. The van der Waals surface area contributed by atoms with E-state index in [2.05, 4.69) is 35.0 Å². The third-order valence-corrected chi connectivity index (χ3v) is 20.7. The molecular weight excluding hydrogens is 1660 g/mol. The van der Waals surface area contributed by atoms with E-state index in [1.807, 2.05) is 69.2 Å². The Hall–Kier alpha value is -7.63. The molecule has 0 aromatic carbocycles. The lowest BCUT2D eigenvalue weighted by molar-refractivity contribution is -0.193. The maximum absolute atomic E-state index is 12.0. The van der Waals surface area contributed by atoms with Crippen molar-refractivity contribution < 1.29 is 162 Å². The first-order chi connectivity index (χ1) is 57.9. The highest BCUT2D eigenvalue weighted by atomic mass is 35.5. The summed E-state index contributed by atoms with van der Waals surface area (Å²) in [5.41, 5.74) is -2.45. The largest absolute Gasteiger partial charge is 0.469 e. The second-order valence-corrected chi connectivity index (χ2v) is 33.2. The number of hydrogen-bond donors (Lipinski definition) is 0. The normalized spacial score (nSPS) is 16.2. The van der Waals surface area contributed by atoms with Gasteiger partial charge in [-0.05, 0) is 161 Å². The lowest BCUT2D eigenvalue weighted by Gasteiger charge is -2.34. The van der Waals surface area contributed by atoms with Crippen LogP contribution >= 0.6 is 11.6 Å². The molecule has 0 aromatic rings. The first kappa shape index (κ1) is 128. The van der Waals surface area contributed by atoms with Crippen LogP contribution in [0.3, 0.4) is 0 Å². The molecule has 0 N–H and O–H groups in total. The van der Waals surface area contributed by atoms with Crippen LogP contribution in [0.25, 0.3) is 0 Å². The van der Waals surface area contributed by atoms with Crippen LogP contribution < -0.4 is 0 Å². The highest BCUT2D eigenvalue weighted by Gasteiger charge is 2.38. The predicted molar refractivity (Wildman–Crippen MR) is 465 cm³/mol. The van der Waals surface area contributed by atoms with Crippen LogP contribution in [0.2, 0.25) is 0 Å². The quantitative estimate of drug-likeness (QED) is 0.0137. The molecule has 732 valence electrons. The number of carbonyl (C=O) groups is 14. The monoisotopic (exact) mass is 1820 g/mol. The van der Waals surface area contributed by atoms with Gasteiger partial charge in [-0.2, -0.15) is 0 Å². The van der Waals surface area contributed by atoms with E-state index in [1.54, 1.807) is 131 Å². The van der Waals surface area contributed by atoms with Crippen LogP contribution in [0.4, 0.5) is 0 Å². The third-order valence-electron chi connectivity index (χ3n) is 20.5. The summed E-state index contributed by atoms with van der Waals surface area (Å²) in [4.78, 5) is 160. The van der Waals surface area contributed by atoms with Crippen LogP contribution in [0.1, 0.15) is 264 Å². The first-order valence-electron chi connectivity index (χ1n) is 42.8. The van der Waals surface area contributed by atoms with E-state index in [4.69, 9.17) is 77.9 Å². The zero-order valence-corrected chi connectivity index (χ0v) is 82.7. The van der Waals surface area contributed by atoms with Gasteiger partial charge in [0.2, 0.25) is 6.29 Å². The fourth-order valence-electron chi connectivity index (χ4n) is 9.02. The molecule has 0 radical (unpaired) electrons. The van der Waals surface area contributed by atoms with E-state index >= 15 is 0 Å². The molecule has 2 rings (SSSR count). The molecule has 0 amide bonds. The number of rotatable bonds is 43. The van der Waals surface area contributed by atoms with E-state index in [9.17, 15) is 67.1 Å². The van der Waals surface area contributed by atoms with E-state index in [-0.39, 0.29) is 80.3 Å². The van der Waals surface area contributed by atoms with E-state index < -0.39 is 142 Å². The molecular formula is C90H161ClO34. The van der Waals surface area contributed by atoms with E-state index in [1.165, 1.54) is 48.9 Å². The van der Waals surface area contributed by atoms with Crippen molar-refractivity contribution in [3.05, 3.63) is 12.7 Å². The van der Waals surface area contributed by atoms with Gasteiger partial charge in [0.25, 0.3) is 0 Å². The van der Waals surface area contributed by atoms with Crippen LogP contribution in [0, 0.1) is 75.4 Å². The van der Waals surface area contributed by atoms with Crippen molar-refractivity contribution >= 4 is 95.2 Å². The molecule has 0 aromatic heterocycles. The molecule has 0 spiro atoms. The Morgan fingerprint density at radius 3 is 1.16 bits per heavy atom. The van der Waals surface area contributed by atoms with Gasteiger partial charge >= 0.3 is 83.6 Å². The minimum Gasteiger partial charge on any atom is -0.469 e. The van der Waals surface area contributed by atoms with Gasteiger partial charge in [0.15, 0.2) is 26.2 Å². The predicted octanol–water partition coefficient (Wildman–Crippen LogP) is 14.5. The maximum Gasteiger partial charge on any atom is 0.313 e. The number of hydrogen-bond acceptors (Lipinski definition) is 34. The van der Waals surface area contributed by atoms with E-state index in [0.29, 0.717) is 45.3 Å². The maximum atomic E-state index is 12.0. The lowest BCUT2D eigenvalue weighted by atomic mass is 9.86. The van der Waals surface area contributed by atoms with Crippen molar-refractivity contribution in [2.75, 3.05) is 108 Å². The Balaban J connectivity index is -0.000000324. The number of methoxy groups -OCH3 is 6. The van der Waals surface area contributed by atoms with Crippen LogP contribution in [0.15, 0.2) is 12.7 Å². The van der Waals surface area contributed by atoms with Gasteiger partial charge in [0, 0.05) is 32.9 Å². The Bertz CT molecular complexity index is 3080. The van der Waals surface area contributed by atoms with Crippen LogP contribution in [-0.2, 0) is 162 Å². The van der Waals surface area contributed by atoms with Crippen molar-refractivity contribution in [1.82, 2.24) is 0 Å². The summed E-state index contributed by atoms with van der Waals surface area (Å²) in [6.45, 7) is 55.2. The Labute approximate surface area is 750 Å². The molecule has 1 saturated heterocycles. The van der Waals surface area contributed by atoms with Crippen molar-refractivity contribution in [2.45, 2.75) is 301 Å². The second-order valence-electron chi connectivity index (χ2n) is 32.8. The van der Waals surface area contributed by atoms with Crippen molar-refractivity contribution in [1.29, 1.82) is 0 Å². The number of esters is 14. The summed E-state index contributed by atoms with van der Waals surface area (Å²) < 4.78 is 98.7. The summed E-state index contributed by atoms with van der Waals surface area (Å²) >= 11 is 5.43. The fourth-order valence-corrected chi connectivity index (χ4v) is 9.11. The summed E-state index contributed by atoms with van der Waals surface area (Å²) in [6, 6.07) is 0. The summed E-state index contributed by atoms with van der Waals surface area (Å²) in [5.74, 6) is -9.63. The van der Waals surface area contributed by atoms with Gasteiger partial charge in [-0.15, -0.1) is 11.6 Å². The molecule has 125 heavy (non-hydrogen) atoms. The fraction of sp³-hybridized carbons (Fsp3) is 0.822. The number of ether oxygens (including phenoxy) is 20. The third kappa shape index (κ3) is 59.9. The Morgan fingerprint density at radius 1 is 0.424 bits per heavy atom. The topological polar surface area (TPSA) is 424 Å². The molecule has 1 heterocycles. The molecule has 1 saturated carbocycles. The van der Waals surface area contributed by atoms with Gasteiger partial charge in [0.1, 0.15) is 17.8 Å². The molecule has 0 bridgehead atoms. The Kier molecular flexibility index (Phi) is 72.1. The van der Waals surface area contributed by atoms with Gasteiger partial charge in [-0.25, -0.2) is 0 Å². The zero-order valence-electron chi connectivity index (χ0n) is 82.0. The number of alkyl halides is 1. The Morgan fingerprint density at radius 2 is 0.800 bits per heavy atom. The van der Waals surface area contributed by atoms with Gasteiger partial charge in [-0.3, -0.25) is 67.1 Å². The van der Waals surface area contributed by atoms with Crippen molar-refractivity contribution in [3.8, 4) is 0 Å². The van der Waals surface area contributed by atoms with Crippen molar-refractivity contribution in [3.63, 3.8) is 0 Å². The SMILES string of the molecule is C=CC(C)(C)OC(=O)C(C)C(C)C(=O)OC.CCC(C)(C)C(=O)OC(C)OCCCl.CCC(C)(C)C(=O)OC(C)OCCOC(C)=O.CCC(C)(C)C(=O)OCOCCOC.CCOCOC(=O)C(C)C(C)C(=O)OC.COC(=O)C(C)C(C)C(=O)OC(C)C.COC(=O)C(C)C(C)C(=O)OC1(C)CCCCC1.COC(=O)C(C)C(C)C(=O)OC1CCCCO1.